The van der Waals surface area contributed by atoms with Crippen LogP contribution in [0.5, 0.6) is 0 Å². The van der Waals surface area contributed by atoms with Crippen molar-refractivity contribution in [2.24, 2.45) is 0 Å². The second-order valence-electron chi connectivity index (χ2n) is 8.09. The Morgan fingerprint density at radius 3 is 2.50 bits per heavy atom. The summed E-state index contributed by atoms with van der Waals surface area (Å²) in [5, 5.41) is 2.86. The van der Waals surface area contributed by atoms with Crippen LogP contribution in [-0.2, 0) is 21.2 Å². The van der Waals surface area contributed by atoms with E-state index in [1.54, 1.807) is 12.1 Å². The van der Waals surface area contributed by atoms with Crippen LogP contribution in [0.1, 0.15) is 37.3 Å². The van der Waals surface area contributed by atoms with Crippen molar-refractivity contribution in [3.8, 4) is 0 Å². The molecular weight excluding hydrogens is 398 g/mol. The fourth-order valence-electron chi connectivity index (χ4n) is 3.75. The highest BCUT2D eigenvalue weighted by atomic mass is 32.2. The molecule has 0 radical (unpaired) electrons. The molecule has 2 aromatic rings. The van der Waals surface area contributed by atoms with Gasteiger partial charge in [-0.25, -0.2) is 8.42 Å². The topological polar surface area (TPSA) is 69.7 Å². The summed E-state index contributed by atoms with van der Waals surface area (Å²) in [7, 11) is -3.56. The van der Waals surface area contributed by atoms with E-state index in [-0.39, 0.29) is 12.5 Å². The predicted octanol–water partition coefficient (Wildman–Crippen LogP) is 3.15. The number of hydrogen-bond donors (Lipinski definition) is 1. The molecule has 0 spiro atoms. The van der Waals surface area contributed by atoms with Crippen molar-refractivity contribution in [1.82, 2.24) is 5.32 Å². The van der Waals surface area contributed by atoms with E-state index in [9.17, 15) is 13.2 Å². The van der Waals surface area contributed by atoms with E-state index >= 15 is 0 Å². The van der Waals surface area contributed by atoms with Gasteiger partial charge >= 0.3 is 0 Å². The van der Waals surface area contributed by atoms with Crippen LogP contribution in [0.15, 0.2) is 48.5 Å². The molecule has 0 aliphatic carbocycles. The molecule has 2 aromatic carbocycles. The maximum atomic E-state index is 12.4. The Bertz CT molecular complexity index is 971. The van der Waals surface area contributed by atoms with E-state index in [2.05, 4.69) is 42.3 Å². The number of rotatable bonds is 9. The van der Waals surface area contributed by atoms with Crippen molar-refractivity contribution < 1.29 is 13.2 Å². The van der Waals surface area contributed by atoms with Crippen molar-refractivity contribution in [2.75, 3.05) is 41.6 Å². The van der Waals surface area contributed by atoms with Crippen LogP contribution in [0.3, 0.4) is 0 Å². The average Bonchev–Trinajstić information content (AvgIpc) is 3.12. The molecule has 162 valence electrons. The number of carbonyl (C=O) groups is 1. The maximum Gasteiger partial charge on any atom is 0.240 e. The smallest absolute Gasteiger partial charge is 0.240 e. The number of para-hydroxylation sites is 1. The Morgan fingerprint density at radius 1 is 1.13 bits per heavy atom. The minimum atomic E-state index is -3.56. The normalized spacial score (nSPS) is 13.4. The summed E-state index contributed by atoms with van der Waals surface area (Å²) in [6, 6.07) is 15.7. The summed E-state index contributed by atoms with van der Waals surface area (Å²) in [4.78, 5) is 14.7. The molecular formula is C23H31N3O3S. The van der Waals surface area contributed by atoms with E-state index < -0.39 is 10.0 Å². The molecule has 1 aliphatic heterocycles. The number of hydrogen-bond acceptors (Lipinski definition) is 4. The third-order valence-electron chi connectivity index (χ3n) is 5.45. The van der Waals surface area contributed by atoms with Gasteiger partial charge in [0.2, 0.25) is 15.9 Å². The van der Waals surface area contributed by atoms with Gasteiger partial charge in [0, 0.05) is 25.3 Å². The van der Waals surface area contributed by atoms with Gasteiger partial charge in [0.25, 0.3) is 0 Å². The van der Waals surface area contributed by atoms with Gasteiger partial charge in [-0.3, -0.25) is 9.10 Å². The fourth-order valence-corrected chi connectivity index (χ4v) is 4.60. The molecule has 3 rings (SSSR count). The van der Waals surface area contributed by atoms with Crippen LogP contribution in [0.25, 0.3) is 0 Å². The minimum Gasteiger partial charge on any atom is -0.371 e. The molecule has 1 aliphatic rings. The van der Waals surface area contributed by atoms with Gasteiger partial charge in [0.05, 0.1) is 11.9 Å². The van der Waals surface area contributed by atoms with Gasteiger partial charge in [-0.1, -0.05) is 44.2 Å². The van der Waals surface area contributed by atoms with Crippen LogP contribution in [0.2, 0.25) is 0 Å². The van der Waals surface area contributed by atoms with Crippen molar-refractivity contribution in [1.29, 1.82) is 0 Å². The second-order valence-corrected chi connectivity index (χ2v) is 9.99. The standard InChI is InChI=1S/C23H31N3O3S/c1-18(2)19-9-11-21(12-10-19)26(30(3,28)29)17-23(27)24-14-6-15-25-16-13-20-7-4-5-8-22(20)25/h4-5,7-12,18H,6,13-17H2,1-3H3,(H,24,27). The first-order chi connectivity index (χ1) is 14.3. The maximum absolute atomic E-state index is 12.4. The first-order valence-electron chi connectivity index (χ1n) is 10.4. The van der Waals surface area contributed by atoms with Crippen LogP contribution >= 0.6 is 0 Å². The summed E-state index contributed by atoms with van der Waals surface area (Å²) in [5.74, 6) is 0.0618. The molecule has 0 unspecified atom stereocenters. The Labute approximate surface area is 179 Å². The van der Waals surface area contributed by atoms with Gasteiger partial charge in [0.15, 0.2) is 0 Å². The highest BCUT2D eigenvalue weighted by Gasteiger charge is 2.21. The van der Waals surface area contributed by atoms with Crippen molar-refractivity contribution in [3.05, 3.63) is 59.7 Å². The Hall–Kier alpha value is -2.54. The molecule has 0 aromatic heterocycles. The zero-order chi connectivity index (χ0) is 21.7. The minimum absolute atomic E-state index is 0.216. The number of nitrogens with one attached hydrogen (secondary N) is 1. The Kier molecular flexibility index (Phi) is 7.02. The number of nitrogens with zero attached hydrogens (tertiary/aromatic N) is 2. The average molecular weight is 430 g/mol. The molecule has 0 saturated heterocycles. The number of sulfonamides is 1. The molecule has 0 saturated carbocycles. The van der Waals surface area contributed by atoms with Crippen LogP contribution in [-0.4, -0.2) is 46.8 Å². The molecule has 0 atom stereocenters. The lowest BCUT2D eigenvalue weighted by atomic mass is 10.0. The van der Waals surface area contributed by atoms with Gasteiger partial charge in [-0.2, -0.15) is 0 Å². The monoisotopic (exact) mass is 429 g/mol. The van der Waals surface area contributed by atoms with Gasteiger partial charge in [0.1, 0.15) is 6.54 Å². The largest absolute Gasteiger partial charge is 0.371 e. The lowest BCUT2D eigenvalue weighted by Crippen LogP contribution is -2.41. The first kappa shape index (κ1) is 22.2. The van der Waals surface area contributed by atoms with Crippen molar-refractivity contribution in [3.63, 3.8) is 0 Å². The molecule has 0 fully saturated rings. The summed E-state index contributed by atoms with van der Waals surface area (Å²) in [5.41, 5.74) is 4.27. The van der Waals surface area contributed by atoms with E-state index in [1.165, 1.54) is 11.3 Å². The van der Waals surface area contributed by atoms with Crippen LogP contribution in [0.4, 0.5) is 11.4 Å². The lowest BCUT2D eigenvalue weighted by Gasteiger charge is -2.23. The SMILES string of the molecule is CC(C)c1ccc(N(CC(=O)NCCCN2CCc3ccccc32)S(C)(=O)=O)cc1. The predicted molar refractivity (Wildman–Crippen MR) is 123 cm³/mol. The summed E-state index contributed by atoms with van der Waals surface area (Å²) < 4.78 is 25.6. The molecule has 1 heterocycles. The molecule has 0 bridgehead atoms. The van der Waals surface area contributed by atoms with Gasteiger partial charge in [-0.15, -0.1) is 0 Å². The molecule has 6 nitrogen and oxygen atoms in total. The zero-order valence-corrected chi connectivity index (χ0v) is 18.8. The first-order valence-corrected chi connectivity index (χ1v) is 12.3. The van der Waals surface area contributed by atoms with E-state index in [1.807, 2.05) is 18.2 Å². The van der Waals surface area contributed by atoms with Crippen LogP contribution < -0.4 is 14.5 Å². The highest BCUT2D eigenvalue weighted by molar-refractivity contribution is 7.92. The van der Waals surface area contributed by atoms with E-state index in [0.717, 1.165) is 42.1 Å². The zero-order valence-electron chi connectivity index (χ0n) is 18.0. The summed E-state index contributed by atoms with van der Waals surface area (Å²) >= 11 is 0. The number of benzene rings is 2. The van der Waals surface area contributed by atoms with Crippen molar-refractivity contribution >= 4 is 27.3 Å². The highest BCUT2D eigenvalue weighted by Crippen LogP contribution is 2.27. The van der Waals surface area contributed by atoms with E-state index in [0.29, 0.717) is 18.2 Å². The molecule has 1 amide bonds. The van der Waals surface area contributed by atoms with Gasteiger partial charge < -0.3 is 10.2 Å². The van der Waals surface area contributed by atoms with E-state index in [4.69, 9.17) is 0 Å². The quantitative estimate of drug-likeness (QED) is 0.622. The van der Waals surface area contributed by atoms with Crippen molar-refractivity contribution in [2.45, 2.75) is 32.6 Å². The third kappa shape index (κ3) is 5.53. The summed E-state index contributed by atoms with van der Waals surface area (Å²) in [6.07, 6.45) is 2.99. The lowest BCUT2D eigenvalue weighted by molar-refractivity contribution is -0.119. The van der Waals surface area contributed by atoms with Gasteiger partial charge in [-0.05, 0) is 48.1 Å². The fraction of sp³-hybridized carbons (Fsp3) is 0.435. The second kappa shape index (κ2) is 9.51. The molecule has 1 N–H and O–H groups in total. The molecule has 7 heteroatoms. The number of amides is 1. The Morgan fingerprint density at radius 2 is 1.83 bits per heavy atom. The number of carbonyl (C=O) groups excluding carboxylic acids is 1. The molecule has 30 heavy (non-hydrogen) atoms. The van der Waals surface area contributed by atoms with Crippen LogP contribution in [0, 0.1) is 0 Å². The third-order valence-corrected chi connectivity index (χ3v) is 6.59. The number of anilines is 2. The summed E-state index contributed by atoms with van der Waals surface area (Å²) in [6.45, 7) is 6.33. The Balaban J connectivity index is 1.51. The number of fused-ring (bicyclic) bond motifs is 1.